The van der Waals surface area contributed by atoms with Gasteiger partial charge < -0.3 is 14.5 Å². The smallest absolute Gasteiger partial charge is 0.336 e. The lowest BCUT2D eigenvalue weighted by molar-refractivity contribution is -0.148. The van der Waals surface area contributed by atoms with Crippen LogP contribution >= 0.6 is 0 Å². The number of fused-ring (bicyclic) bond motifs is 1. The van der Waals surface area contributed by atoms with Crippen molar-refractivity contribution in [1.82, 2.24) is 10.2 Å². The Labute approximate surface area is 167 Å². The fraction of sp³-hybridized carbons (Fsp3) is 0.429. The second-order valence-electron chi connectivity index (χ2n) is 7.29. The van der Waals surface area contributed by atoms with Gasteiger partial charge in [-0.25, -0.2) is 9.59 Å². The molecule has 1 fully saturated rings. The topological polar surface area (TPSA) is 106 Å². The van der Waals surface area contributed by atoms with Crippen LogP contribution in [0.25, 0.3) is 11.0 Å². The minimum Gasteiger partial charge on any atom is -0.459 e. The molecule has 8 nitrogen and oxygen atoms in total. The molecule has 1 aliphatic rings. The van der Waals surface area contributed by atoms with Crippen LogP contribution in [0.15, 0.2) is 27.4 Å². The normalized spacial score (nSPS) is 15.7. The van der Waals surface area contributed by atoms with Crippen molar-refractivity contribution in [2.75, 3.05) is 6.54 Å². The van der Waals surface area contributed by atoms with Gasteiger partial charge in [-0.3, -0.25) is 14.5 Å². The first-order chi connectivity index (χ1) is 13.7. The summed E-state index contributed by atoms with van der Waals surface area (Å²) in [6, 6.07) is 4.30. The lowest BCUT2D eigenvalue weighted by Gasteiger charge is -2.22. The van der Waals surface area contributed by atoms with E-state index < -0.39 is 35.6 Å². The molecule has 0 radical (unpaired) electrons. The van der Waals surface area contributed by atoms with Crippen LogP contribution in [-0.4, -0.2) is 34.9 Å². The summed E-state index contributed by atoms with van der Waals surface area (Å²) in [6.45, 7) is 6.80. The molecule has 2 aromatic rings. The van der Waals surface area contributed by atoms with Crippen molar-refractivity contribution < 1.29 is 23.5 Å². The minimum absolute atomic E-state index is 0.167. The highest BCUT2D eigenvalue weighted by molar-refractivity contribution is 6.08. The van der Waals surface area contributed by atoms with Gasteiger partial charge in [-0.15, -0.1) is 0 Å². The Kier molecular flexibility index (Phi) is 5.46. The van der Waals surface area contributed by atoms with E-state index in [0.717, 1.165) is 16.0 Å². The van der Waals surface area contributed by atoms with Gasteiger partial charge in [0.2, 0.25) is 0 Å². The van der Waals surface area contributed by atoms with Crippen LogP contribution in [0, 0.1) is 13.8 Å². The van der Waals surface area contributed by atoms with E-state index in [1.165, 1.54) is 6.07 Å². The number of esters is 1. The van der Waals surface area contributed by atoms with Crippen molar-refractivity contribution in [2.24, 2.45) is 0 Å². The van der Waals surface area contributed by atoms with E-state index in [9.17, 15) is 19.2 Å². The lowest BCUT2D eigenvalue weighted by atomic mass is 9.93. The molecule has 1 saturated heterocycles. The number of amides is 3. The number of aryl methyl sites for hydroxylation is 2. The van der Waals surface area contributed by atoms with E-state index in [1.54, 1.807) is 19.9 Å². The number of hydrogen-bond donors (Lipinski definition) is 1. The fourth-order valence-corrected chi connectivity index (χ4v) is 3.48. The predicted molar refractivity (Wildman–Crippen MR) is 105 cm³/mol. The number of ether oxygens (including phenoxy) is 1. The van der Waals surface area contributed by atoms with Crippen LogP contribution in [-0.2, 0) is 20.9 Å². The Balaban J connectivity index is 1.75. The quantitative estimate of drug-likeness (QED) is 0.454. The molecule has 0 atom stereocenters. The fourth-order valence-electron chi connectivity index (χ4n) is 3.48. The Morgan fingerprint density at radius 3 is 2.38 bits per heavy atom. The van der Waals surface area contributed by atoms with Gasteiger partial charge in [0.05, 0.1) is 0 Å². The molecular weight excluding hydrogens is 376 g/mol. The molecule has 0 aliphatic carbocycles. The van der Waals surface area contributed by atoms with Gasteiger partial charge in [0.15, 0.2) is 0 Å². The van der Waals surface area contributed by atoms with E-state index >= 15 is 0 Å². The third-order valence-corrected chi connectivity index (χ3v) is 5.57. The SMILES string of the molecule is CCC1(CC)NC(=O)N(CC(=O)OCc2cc(=O)oc3cc(C)c(C)cc23)C1=O. The summed E-state index contributed by atoms with van der Waals surface area (Å²) in [5.41, 5.74) is 1.38. The van der Waals surface area contributed by atoms with Gasteiger partial charge in [0, 0.05) is 17.0 Å². The number of urea groups is 1. The van der Waals surface area contributed by atoms with Crippen molar-refractivity contribution in [2.45, 2.75) is 52.7 Å². The highest BCUT2D eigenvalue weighted by Gasteiger charge is 2.49. The van der Waals surface area contributed by atoms with Crippen molar-refractivity contribution in [1.29, 1.82) is 0 Å². The first kappa shape index (κ1) is 20.6. The highest BCUT2D eigenvalue weighted by Crippen LogP contribution is 2.25. The molecular formula is C21H24N2O6. The summed E-state index contributed by atoms with van der Waals surface area (Å²) in [4.78, 5) is 49.7. The van der Waals surface area contributed by atoms with E-state index in [4.69, 9.17) is 9.15 Å². The number of carbonyl (C=O) groups excluding carboxylic acids is 3. The molecule has 154 valence electrons. The molecule has 0 bridgehead atoms. The number of carbonyl (C=O) groups is 3. The molecule has 1 aromatic heterocycles. The maximum absolute atomic E-state index is 12.6. The Morgan fingerprint density at radius 1 is 1.10 bits per heavy atom. The third-order valence-electron chi connectivity index (χ3n) is 5.57. The van der Waals surface area contributed by atoms with Crippen molar-refractivity contribution in [3.63, 3.8) is 0 Å². The predicted octanol–water partition coefficient (Wildman–Crippen LogP) is 2.56. The van der Waals surface area contributed by atoms with E-state index in [2.05, 4.69) is 5.32 Å². The zero-order chi connectivity index (χ0) is 21.3. The van der Waals surface area contributed by atoms with Gasteiger partial charge in [-0.05, 0) is 49.9 Å². The molecule has 3 rings (SSSR count). The van der Waals surface area contributed by atoms with Gasteiger partial charge in [-0.1, -0.05) is 13.8 Å². The molecule has 1 N–H and O–H groups in total. The number of nitrogens with zero attached hydrogens (tertiary/aromatic N) is 1. The number of imide groups is 1. The first-order valence-corrected chi connectivity index (χ1v) is 9.54. The number of benzene rings is 1. The molecule has 3 amide bonds. The van der Waals surface area contributed by atoms with E-state index in [0.29, 0.717) is 29.4 Å². The zero-order valence-electron chi connectivity index (χ0n) is 17.0. The molecule has 29 heavy (non-hydrogen) atoms. The average molecular weight is 400 g/mol. The van der Waals surface area contributed by atoms with Gasteiger partial charge in [-0.2, -0.15) is 0 Å². The molecule has 0 unspecified atom stereocenters. The molecule has 1 aromatic carbocycles. The minimum atomic E-state index is -0.971. The summed E-state index contributed by atoms with van der Waals surface area (Å²) < 4.78 is 10.5. The average Bonchev–Trinajstić information content (AvgIpc) is 2.92. The van der Waals surface area contributed by atoms with Gasteiger partial charge in [0.1, 0.15) is 24.3 Å². The van der Waals surface area contributed by atoms with Crippen LogP contribution in [0.1, 0.15) is 43.4 Å². The van der Waals surface area contributed by atoms with Crippen LogP contribution in [0.2, 0.25) is 0 Å². The number of nitrogens with one attached hydrogen (secondary N) is 1. The number of rotatable bonds is 6. The molecule has 2 heterocycles. The second-order valence-corrected chi connectivity index (χ2v) is 7.29. The summed E-state index contributed by atoms with van der Waals surface area (Å²) in [5, 5.41) is 3.34. The van der Waals surface area contributed by atoms with Crippen molar-refractivity contribution in [3.8, 4) is 0 Å². The summed E-state index contributed by atoms with van der Waals surface area (Å²) in [6.07, 6.45) is 0.869. The molecule has 0 saturated carbocycles. The van der Waals surface area contributed by atoms with Crippen LogP contribution in [0.3, 0.4) is 0 Å². The summed E-state index contributed by atoms with van der Waals surface area (Å²) >= 11 is 0. The maximum Gasteiger partial charge on any atom is 0.336 e. The van der Waals surface area contributed by atoms with Crippen molar-refractivity contribution in [3.05, 3.63) is 45.3 Å². The largest absolute Gasteiger partial charge is 0.459 e. The lowest BCUT2D eigenvalue weighted by Crippen LogP contribution is -2.46. The molecule has 1 aliphatic heterocycles. The van der Waals surface area contributed by atoms with Crippen LogP contribution < -0.4 is 10.9 Å². The summed E-state index contributed by atoms with van der Waals surface area (Å²) in [7, 11) is 0. The van der Waals surface area contributed by atoms with E-state index in [-0.39, 0.29) is 6.61 Å². The van der Waals surface area contributed by atoms with Crippen LogP contribution in [0.4, 0.5) is 4.79 Å². The molecule has 8 heteroatoms. The highest BCUT2D eigenvalue weighted by atomic mass is 16.5. The second kappa shape index (κ2) is 7.69. The van der Waals surface area contributed by atoms with E-state index in [1.807, 2.05) is 19.9 Å². The van der Waals surface area contributed by atoms with Gasteiger partial charge in [0.25, 0.3) is 5.91 Å². The first-order valence-electron chi connectivity index (χ1n) is 9.54. The maximum atomic E-state index is 12.6. The zero-order valence-corrected chi connectivity index (χ0v) is 17.0. The Morgan fingerprint density at radius 2 is 1.76 bits per heavy atom. The van der Waals surface area contributed by atoms with Crippen molar-refractivity contribution >= 4 is 28.9 Å². The van der Waals surface area contributed by atoms with Crippen LogP contribution in [0.5, 0.6) is 0 Å². The Hall–Kier alpha value is -3.16. The number of hydrogen-bond acceptors (Lipinski definition) is 6. The Bertz CT molecular complexity index is 1050. The molecule has 0 spiro atoms. The third kappa shape index (κ3) is 3.74. The monoisotopic (exact) mass is 400 g/mol. The standard InChI is InChI=1S/C21H24N2O6/c1-5-21(6-2)19(26)23(20(27)22-21)10-18(25)28-11-14-9-17(24)29-16-8-13(4)12(3)7-15(14)16/h7-9H,5-6,10-11H2,1-4H3,(H,22,27). The van der Waals surface area contributed by atoms with Gasteiger partial charge >= 0.3 is 17.6 Å². The summed E-state index contributed by atoms with van der Waals surface area (Å²) in [5.74, 6) is -1.16.